The third-order valence-corrected chi connectivity index (χ3v) is 6.57. The molecule has 0 bridgehead atoms. The van der Waals surface area contributed by atoms with Crippen LogP contribution >= 0.6 is 34.5 Å². The molecule has 1 aromatic carbocycles. The predicted molar refractivity (Wildman–Crippen MR) is 115 cm³/mol. The van der Waals surface area contributed by atoms with Crippen LogP contribution in [0.25, 0.3) is 10.2 Å². The van der Waals surface area contributed by atoms with Crippen molar-refractivity contribution in [3.8, 4) is 0 Å². The van der Waals surface area contributed by atoms with Crippen LogP contribution in [0, 0.1) is 0 Å². The normalized spacial score (nSPS) is 15.7. The molecule has 2 N–H and O–H groups in total. The van der Waals surface area contributed by atoms with Gasteiger partial charge in [0.2, 0.25) is 0 Å². The molecule has 1 aliphatic rings. The van der Waals surface area contributed by atoms with Crippen molar-refractivity contribution in [1.29, 1.82) is 0 Å². The van der Waals surface area contributed by atoms with Crippen molar-refractivity contribution in [2.24, 2.45) is 0 Å². The average molecular weight is 436 g/mol. The number of hydrogen-bond donors (Lipinski definition) is 2. The van der Waals surface area contributed by atoms with Crippen molar-refractivity contribution >= 4 is 62.2 Å². The van der Waals surface area contributed by atoms with Crippen molar-refractivity contribution in [3.63, 3.8) is 0 Å². The van der Waals surface area contributed by atoms with Gasteiger partial charge in [0.05, 0.1) is 20.3 Å². The van der Waals surface area contributed by atoms with Gasteiger partial charge in [-0.15, -0.1) is 11.3 Å². The molecule has 28 heavy (non-hydrogen) atoms. The van der Waals surface area contributed by atoms with E-state index < -0.39 is 0 Å². The Bertz CT molecular complexity index is 1020. The molecule has 1 amide bonds. The van der Waals surface area contributed by atoms with E-state index in [0.29, 0.717) is 20.7 Å². The Morgan fingerprint density at radius 2 is 1.96 bits per heavy atom. The molecule has 1 fully saturated rings. The van der Waals surface area contributed by atoms with Gasteiger partial charge in [-0.3, -0.25) is 4.79 Å². The van der Waals surface area contributed by atoms with E-state index in [1.807, 2.05) is 12.1 Å². The number of hydrogen-bond acceptors (Lipinski definition) is 6. The summed E-state index contributed by atoms with van der Waals surface area (Å²) in [5, 5.41) is 8.12. The maximum atomic E-state index is 12.7. The van der Waals surface area contributed by atoms with E-state index in [1.165, 1.54) is 17.7 Å². The molecule has 0 atom stereocenters. The standard InChI is InChI=1S/C19H19Cl2N5OS/c1-26-6-4-11(5-7-26)25-18(27)16-9-13-17(22-10-23-19(13)28-16)24-12-2-3-14(20)15(21)8-12/h2-3,8-11H,4-7H2,1H3,(H,25,27)(H,22,23,24). The van der Waals surface area contributed by atoms with Crippen LogP contribution in [-0.2, 0) is 0 Å². The van der Waals surface area contributed by atoms with Crippen LogP contribution < -0.4 is 10.6 Å². The average Bonchev–Trinajstić information content (AvgIpc) is 3.12. The third kappa shape index (κ3) is 4.22. The summed E-state index contributed by atoms with van der Waals surface area (Å²) < 4.78 is 0. The van der Waals surface area contributed by atoms with Crippen LogP contribution in [0.2, 0.25) is 10.0 Å². The fourth-order valence-electron chi connectivity index (χ4n) is 3.19. The smallest absolute Gasteiger partial charge is 0.261 e. The summed E-state index contributed by atoms with van der Waals surface area (Å²) in [6.45, 7) is 2.00. The van der Waals surface area contributed by atoms with E-state index in [4.69, 9.17) is 23.2 Å². The molecule has 3 aromatic rings. The first-order chi connectivity index (χ1) is 13.5. The van der Waals surface area contributed by atoms with E-state index in [-0.39, 0.29) is 11.9 Å². The topological polar surface area (TPSA) is 70.2 Å². The first kappa shape index (κ1) is 19.4. The number of carbonyl (C=O) groups is 1. The molecule has 2 aromatic heterocycles. The first-order valence-corrected chi connectivity index (χ1v) is 10.5. The first-order valence-electron chi connectivity index (χ1n) is 8.95. The third-order valence-electron chi connectivity index (χ3n) is 4.79. The van der Waals surface area contributed by atoms with Crippen molar-refractivity contribution < 1.29 is 4.79 Å². The van der Waals surface area contributed by atoms with Gasteiger partial charge in [-0.25, -0.2) is 9.97 Å². The summed E-state index contributed by atoms with van der Waals surface area (Å²) in [5.41, 5.74) is 0.762. The Morgan fingerprint density at radius 1 is 1.18 bits per heavy atom. The summed E-state index contributed by atoms with van der Waals surface area (Å²) in [6.07, 6.45) is 3.42. The van der Waals surface area contributed by atoms with Gasteiger partial charge in [-0.05, 0) is 57.2 Å². The quantitative estimate of drug-likeness (QED) is 0.627. The van der Waals surface area contributed by atoms with Crippen LogP contribution in [0.3, 0.4) is 0 Å². The number of halogens is 2. The van der Waals surface area contributed by atoms with Crippen LogP contribution in [0.4, 0.5) is 11.5 Å². The molecule has 0 saturated carbocycles. The van der Waals surface area contributed by atoms with Gasteiger partial charge in [-0.2, -0.15) is 0 Å². The molecule has 0 spiro atoms. The number of rotatable bonds is 4. The van der Waals surface area contributed by atoms with Crippen LogP contribution in [0.5, 0.6) is 0 Å². The lowest BCUT2D eigenvalue weighted by Gasteiger charge is -2.29. The number of nitrogens with one attached hydrogen (secondary N) is 2. The second-order valence-corrected chi connectivity index (χ2v) is 8.70. The van der Waals surface area contributed by atoms with Crippen LogP contribution in [-0.4, -0.2) is 47.0 Å². The highest BCUT2D eigenvalue weighted by molar-refractivity contribution is 7.20. The van der Waals surface area contributed by atoms with Gasteiger partial charge in [0, 0.05) is 11.7 Å². The summed E-state index contributed by atoms with van der Waals surface area (Å²) in [4.78, 5) is 25.0. The minimum absolute atomic E-state index is 0.0574. The molecule has 0 radical (unpaired) electrons. The Hall–Kier alpha value is -1.93. The molecule has 1 saturated heterocycles. The molecule has 0 unspecified atom stereocenters. The van der Waals surface area contributed by atoms with Gasteiger partial charge < -0.3 is 15.5 Å². The molecule has 1 aliphatic heterocycles. The largest absolute Gasteiger partial charge is 0.349 e. The molecular formula is C19H19Cl2N5OS. The number of amides is 1. The number of piperidine rings is 1. The Labute approximate surface area is 176 Å². The van der Waals surface area contributed by atoms with Gasteiger partial charge in [0.1, 0.15) is 17.0 Å². The number of nitrogens with zero attached hydrogens (tertiary/aromatic N) is 3. The fourth-order valence-corrected chi connectivity index (χ4v) is 4.39. The number of benzene rings is 1. The number of anilines is 2. The number of likely N-dealkylation sites (tertiary alicyclic amines) is 1. The van der Waals surface area contributed by atoms with E-state index in [9.17, 15) is 4.79 Å². The van der Waals surface area contributed by atoms with Crippen molar-refractivity contribution in [1.82, 2.24) is 20.2 Å². The Kier molecular flexibility index (Phi) is 5.68. The van der Waals surface area contributed by atoms with Gasteiger partial charge in [-0.1, -0.05) is 23.2 Å². The summed E-state index contributed by atoms with van der Waals surface area (Å²) in [6, 6.07) is 7.33. The number of thiophene rings is 1. The SMILES string of the molecule is CN1CCC(NC(=O)c2cc3c(Nc4ccc(Cl)c(Cl)c4)ncnc3s2)CC1. The van der Waals surface area contributed by atoms with E-state index >= 15 is 0 Å². The molecule has 6 nitrogen and oxygen atoms in total. The summed E-state index contributed by atoms with van der Waals surface area (Å²) in [7, 11) is 2.10. The number of carbonyl (C=O) groups excluding carboxylic acids is 1. The van der Waals surface area contributed by atoms with Crippen molar-refractivity contribution in [3.05, 3.63) is 45.5 Å². The van der Waals surface area contributed by atoms with Gasteiger partial charge in [0.25, 0.3) is 5.91 Å². The minimum Gasteiger partial charge on any atom is -0.349 e. The van der Waals surface area contributed by atoms with Gasteiger partial charge >= 0.3 is 0 Å². The summed E-state index contributed by atoms with van der Waals surface area (Å²) >= 11 is 13.4. The molecule has 146 valence electrons. The second kappa shape index (κ2) is 8.21. The van der Waals surface area contributed by atoms with Crippen molar-refractivity contribution in [2.45, 2.75) is 18.9 Å². The second-order valence-electron chi connectivity index (χ2n) is 6.86. The highest BCUT2D eigenvalue weighted by Crippen LogP contribution is 2.32. The van der Waals surface area contributed by atoms with E-state index in [1.54, 1.807) is 12.1 Å². The lowest BCUT2D eigenvalue weighted by atomic mass is 10.1. The lowest BCUT2D eigenvalue weighted by molar-refractivity contribution is 0.0921. The molecule has 0 aliphatic carbocycles. The zero-order chi connectivity index (χ0) is 19.7. The highest BCUT2D eigenvalue weighted by atomic mass is 35.5. The highest BCUT2D eigenvalue weighted by Gasteiger charge is 2.21. The molecular weight excluding hydrogens is 417 g/mol. The zero-order valence-corrected chi connectivity index (χ0v) is 17.5. The zero-order valence-electron chi connectivity index (χ0n) is 15.2. The van der Waals surface area contributed by atoms with E-state index in [0.717, 1.165) is 41.8 Å². The van der Waals surface area contributed by atoms with Crippen molar-refractivity contribution in [2.75, 3.05) is 25.5 Å². The maximum Gasteiger partial charge on any atom is 0.261 e. The molecule has 4 rings (SSSR count). The Morgan fingerprint density at radius 3 is 2.71 bits per heavy atom. The maximum absolute atomic E-state index is 12.7. The fraction of sp³-hybridized carbons (Fsp3) is 0.316. The monoisotopic (exact) mass is 435 g/mol. The van der Waals surface area contributed by atoms with Gasteiger partial charge in [0.15, 0.2) is 0 Å². The number of aromatic nitrogens is 2. The number of fused-ring (bicyclic) bond motifs is 1. The van der Waals surface area contributed by atoms with E-state index in [2.05, 4.69) is 32.5 Å². The molecule has 9 heteroatoms. The van der Waals surface area contributed by atoms with Crippen LogP contribution in [0.1, 0.15) is 22.5 Å². The van der Waals surface area contributed by atoms with Crippen LogP contribution in [0.15, 0.2) is 30.6 Å². The summed E-state index contributed by atoms with van der Waals surface area (Å²) in [5.74, 6) is 0.566. The minimum atomic E-state index is -0.0574. The Balaban J connectivity index is 1.54. The predicted octanol–water partition coefficient (Wildman–Crippen LogP) is 4.57. The lowest BCUT2D eigenvalue weighted by Crippen LogP contribution is -2.43. The molecule has 3 heterocycles.